The molecule has 0 spiro atoms. The van der Waals surface area contributed by atoms with E-state index in [1.807, 2.05) is 13.0 Å². The van der Waals surface area contributed by atoms with E-state index in [4.69, 9.17) is 17.4 Å². The van der Waals surface area contributed by atoms with Crippen LogP contribution in [0.25, 0.3) is 0 Å². The fourth-order valence-corrected chi connectivity index (χ4v) is 3.10. The van der Waals surface area contributed by atoms with Gasteiger partial charge in [-0.15, -0.1) is 0 Å². The topological polar surface area (TPSA) is 38.0 Å². The van der Waals surface area contributed by atoms with Gasteiger partial charge in [-0.05, 0) is 48.8 Å². The molecule has 1 atom stereocenters. The van der Waals surface area contributed by atoms with Gasteiger partial charge in [0.2, 0.25) is 0 Å². The molecule has 3 N–H and O–H groups in total. The van der Waals surface area contributed by atoms with Crippen LogP contribution in [0.5, 0.6) is 0 Å². The molecule has 0 amide bonds. The van der Waals surface area contributed by atoms with E-state index in [1.165, 1.54) is 31.2 Å². The van der Waals surface area contributed by atoms with Crippen LogP contribution in [0.3, 0.4) is 0 Å². The minimum Gasteiger partial charge on any atom is -0.271 e. The van der Waals surface area contributed by atoms with Crippen LogP contribution in [0.15, 0.2) is 18.2 Å². The molecule has 1 saturated carbocycles. The van der Waals surface area contributed by atoms with Crippen LogP contribution in [0.1, 0.15) is 49.8 Å². The zero-order valence-corrected chi connectivity index (χ0v) is 12.0. The molecule has 1 aromatic carbocycles. The van der Waals surface area contributed by atoms with Gasteiger partial charge in [-0.2, -0.15) is 0 Å². The summed E-state index contributed by atoms with van der Waals surface area (Å²) in [6, 6.07) is 6.48. The third-order valence-electron chi connectivity index (χ3n) is 4.25. The Balaban J connectivity index is 2.14. The number of nitrogens with two attached hydrogens (primary N) is 1. The second kappa shape index (κ2) is 6.05. The second-order valence-corrected chi connectivity index (χ2v) is 6.08. The lowest BCUT2D eigenvalue weighted by Gasteiger charge is -2.32. The minimum absolute atomic E-state index is 0.258. The number of rotatable bonds is 3. The first-order chi connectivity index (χ1) is 8.61. The Labute approximate surface area is 115 Å². The first kappa shape index (κ1) is 13.9. The highest BCUT2D eigenvalue weighted by atomic mass is 35.5. The number of nitrogens with one attached hydrogen (secondary N) is 1. The van der Waals surface area contributed by atoms with Crippen molar-refractivity contribution in [2.24, 2.45) is 17.7 Å². The van der Waals surface area contributed by atoms with Gasteiger partial charge in [-0.1, -0.05) is 43.5 Å². The highest BCUT2D eigenvalue weighted by Crippen LogP contribution is 2.37. The molecule has 0 bridgehead atoms. The molecule has 1 aromatic rings. The van der Waals surface area contributed by atoms with Crippen molar-refractivity contribution in [1.82, 2.24) is 5.43 Å². The molecule has 0 saturated heterocycles. The summed E-state index contributed by atoms with van der Waals surface area (Å²) in [6.07, 6.45) is 5.15. The molecule has 1 aliphatic carbocycles. The molecule has 1 aliphatic rings. The van der Waals surface area contributed by atoms with Gasteiger partial charge in [-0.3, -0.25) is 11.3 Å². The summed E-state index contributed by atoms with van der Waals surface area (Å²) < 4.78 is 0. The maximum atomic E-state index is 6.08. The fourth-order valence-electron chi connectivity index (χ4n) is 2.99. The van der Waals surface area contributed by atoms with Crippen molar-refractivity contribution in [3.63, 3.8) is 0 Å². The monoisotopic (exact) mass is 266 g/mol. The fraction of sp³-hybridized carbons (Fsp3) is 0.600. The van der Waals surface area contributed by atoms with Gasteiger partial charge in [0, 0.05) is 11.1 Å². The van der Waals surface area contributed by atoms with Crippen molar-refractivity contribution in [3.8, 4) is 0 Å². The largest absolute Gasteiger partial charge is 0.271 e. The van der Waals surface area contributed by atoms with Crippen LogP contribution in [0, 0.1) is 18.8 Å². The van der Waals surface area contributed by atoms with Crippen molar-refractivity contribution < 1.29 is 0 Å². The smallest absolute Gasteiger partial charge is 0.0488 e. The van der Waals surface area contributed by atoms with E-state index in [2.05, 4.69) is 24.5 Å². The number of hydrazine groups is 1. The summed E-state index contributed by atoms with van der Waals surface area (Å²) in [6.45, 7) is 4.38. The van der Waals surface area contributed by atoms with Crippen molar-refractivity contribution in [3.05, 3.63) is 34.3 Å². The van der Waals surface area contributed by atoms with Crippen LogP contribution in [-0.4, -0.2) is 0 Å². The zero-order valence-electron chi connectivity index (χ0n) is 11.2. The predicted molar refractivity (Wildman–Crippen MR) is 77.4 cm³/mol. The molecule has 0 heterocycles. The number of hydrogen-bond acceptors (Lipinski definition) is 2. The predicted octanol–water partition coefficient (Wildman–Crippen LogP) is 3.98. The zero-order chi connectivity index (χ0) is 13.1. The average Bonchev–Trinajstić information content (AvgIpc) is 2.37. The molecule has 3 heteroatoms. The van der Waals surface area contributed by atoms with E-state index in [-0.39, 0.29) is 6.04 Å². The summed E-state index contributed by atoms with van der Waals surface area (Å²) in [7, 11) is 0. The molecule has 1 fully saturated rings. The van der Waals surface area contributed by atoms with Crippen molar-refractivity contribution in [2.45, 2.75) is 45.6 Å². The van der Waals surface area contributed by atoms with E-state index >= 15 is 0 Å². The van der Waals surface area contributed by atoms with Gasteiger partial charge >= 0.3 is 0 Å². The SMILES string of the molecule is Cc1cc(C(NN)C2CCC(C)CC2)ccc1Cl. The lowest BCUT2D eigenvalue weighted by atomic mass is 9.77. The van der Waals surface area contributed by atoms with Crippen LogP contribution < -0.4 is 11.3 Å². The van der Waals surface area contributed by atoms with Crippen LogP contribution in [0.4, 0.5) is 0 Å². The van der Waals surface area contributed by atoms with Crippen molar-refractivity contribution in [2.75, 3.05) is 0 Å². The molecule has 0 aliphatic heterocycles. The number of hydrogen-bond donors (Lipinski definition) is 2. The molecule has 1 unspecified atom stereocenters. The normalized spacial score (nSPS) is 26.0. The van der Waals surface area contributed by atoms with Crippen LogP contribution >= 0.6 is 11.6 Å². The molecule has 2 nitrogen and oxygen atoms in total. The maximum Gasteiger partial charge on any atom is 0.0488 e. The average molecular weight is 267 g/mol. The summed E-state index contributed by atoms with van der Waals surface area (Å²) in [5.74, 6) is 7.29. The van der Waals surface area contributed by atoms with E-state index in [1.54, 1.807) is 0 Å². The van der Waals surface area contributed by atoms with Gasteiger partial charge in [0.05, 0.1) is 0 Å². The van der Waals surface area contributed by atoms with Gasteiger partial charge in [0.1, 0.15) is 0 Å². The summed E-state index contributed by atoms with van der Waals surface area (Å²) in [5, 5.41) is 0.826. The summed E-state index contributed by atoms with van der Waals surface area (Å²) in [4.78, 5) is 0. The lowest BCUT2D eigenvalue weighted by molar-refractivity contribution is 0.232. The first-order valence-electron chi connectivity index (χ1n) is 6.84. The molecular formula is C15H23ClN2. The highest BCUT2D eigenvalue weighted by molar-refractivity contribution is 6.31. The van der Waals surface area contributed by atoms with Gasteiger partial charge in [0.15, 0.2) is 0 Å². The molecule has 18 heavy (non-hydrogen) atoms. The van der Waals surface area contributed by atoms with Crippen LogP contribution in [-0.2, 0) is 0 Å². The van der Waals surface area contributed by atoms with Gasteiger partial charge in [0.25, 0.3) is 0 Å². The summed E-state index contributed by atoms with van der Waals surface area (Å²) >= 11 is 6.08. The third kappa shape index (κ3) is 3.05. The Kier molecular flexibility index (Phi) is 4.66. The standard InChI is InChI=1S/C15H23ClN2/c1-10-3-5-12(6-4-10)15(18-17)13-7-8-14(16)11(2)9-13/h7-10,12,15,18H,3-6,17H2,1-2H3. The van der Waals surface area contributed by atoms with Gasteiger partial charge < -0.3 is 0 Å². The summed E-state index contributed by atoms with van der Waals surface area (Å²) in [5.41, 5.74) is 5.39. The minimum atomic E-state index is 0.258. The van der Waals surface area contributed by atoms with E-state index in [9.17, 15) is 0 Å². The second-order valence-electron chi connectivity index (χ2n) is 5.67. The maximum absolute atomic E-state index is 6.08. The number of benzene rings is 1. The Morgan fingerprint density at radius 3 is 2.50 bits per heavy atom. The van der Waals surface area contributed by atoms with E-state index < -0.39 is 0 Å². The van der Waals surface area contributed by atoms with E-state index in [0.29, 0.717) is 5.92 Å². The number of aryl methyl sites for hydroxylation is 1. The third-order valence-corrected chi connectivity index (χ3v) is 4.68. The Bertz CT molecular complexity index is 397. The molecule has 0 aromatic heterocycles. The highest BCUT2D eigenvalue weighted by Gasteiger charge is 2.26. The quantitative estimate of drug-likeness (QED) is 0.642. The van der Waals surface area contributed by atoms with E-state index in [0.717, 1.165) is 16.5 Å². The van der Waals surface area contributed by atoms with Gasteiger partial charge in [-0.25, -0.2) is 0 Å². The van der Waals surface area contributed by atoms with Crippen molar-refractivity contribution in [1.29, 1.82) is 0 Å². The Morgan fingerprint density at radius 1 is 1.28 bits per heavy atom. The molecular weight excluding hydrogens is 244 g/mol. The lowest BCUT2D eigenvalue weighted by Crippen LogP contribution is -2.35. The number of halogens is 1. The molecule has 2 rings (SSSR count). The molecule has 100 valence electrons. The molecule has 0 radical (unpaired) electrons. The Morgan fingerprint density at radius 2 is 1.94 bits per heavy atom. The Hall–Kier alpha value is -0.570. The first-order valence-corrected chi connectivity index (χ1v) is 7.21. The van der Waals surface area contributed by atoms with Crippen molar-refractivity contribution >= 4 is 11.6 Å². The van der Waals surface area contributed by atoms with Crippen LogP contribution in [0.2, 0.25) is 5.02 Å².